The summed E-state index contributed by atoms with van der Waals surface area (Å²) in [5.74, 6) is 2.45. The average Bonchev–Trinajstić information content (AvgIpc) is 3.55. The lowest BCUT2D eigenvalue weighted by atomic mass is 10.2. The minimum absolute atomic E-state index is 0.470. The maximum atomic E-state index is 5.95. The van der Waals surface area contributed by atoms with E-state index in [1.165, 1.54) is 17.3 Å². The Labute approximate surface area is 191 Å². The molecule has 0 atom stereocenters. The first kappa shape index (κ1) is 20.0. The first-order valence-electron chi connectivity index (χ1n) is 9.48. The van der Waals surface area contributed by atoms with Crippen molar-refractivity contribution >= 4 is 34.7 Å². The summed E-state index contributed by atoms with van der Waals surface area (Å²) in [5, 5.41) is 16.5. The quantitative estimate of drug-likeness (QED) is 0.272. The second-order valence-electron chi connectivity index (χ2n) is 6.67. The van der Waals surface area contributed by atoms with Crippen LogP contribution < -0.4 is 0 Å². The monoisotopic (exact) mass is 465 g/mol. The van der Waals surface area contributed by atoms with E-state index in [1.807, 2.05) is 41.8 Å². The first-order chi connectivity index (χ1) is 15.3. The maximum absolute atomic E-state index is 5.95. The molecule has 5 rings (SSSR count). The highest BCUT2D eigenvalue weighted by Crippen LogP contribution is 2.30. The van der Waals surface area contributed by atoms with Gasteiger partial charge in [0.25, 0.3) is 5.89 Å². The van der Waals surface area contributed by atoms with Crippen LogP contribution in [0.15, 0.2) is 81.8 Å². The summed E-state index contributed by atoms with van der Waals surface area (Å²) in [4.78, 5) is 5.58. The molecule has 154 valence electrons. The van der Waals surface area contributed by atoms with Crippen molar-refractivity contribution in [1.29, 1.82) is 0 Å². The fraction of sp³-hybridized carbons (Fsp3) is 0.0909. The van der Waals surface area contributed by atoms with E-state index in [0.717, 1.165) is 21.4 Å². The van der Waals surface area contributed by atoms with Crippen LogP contribution in [0.25, 0.3) is 22.2 Å². The van der Waals surface area contributed by atoms with Crippen LogP contribution >= 0.6 is 34.7 Å². The van der Waals surface area contributed by atoms with Crippen molar-refractivity contribution in [1.82, 2.24) is 24.9 Å². The molecule has 0 N–H and O–H groups in total. The molecule has 0 bridgehead atoms. The Balaban J connectivity index is 1.37. The molecule has 0 spiro atoms. The molecule has 3 aromatic heterocycles. The van der Waals surface area contributed by atoms with Gasteiger partial charge in [-0.25, -0.2) is 0 Å². The van der Waals surface area contributed by atoms with Gasteiger partial charge in [-0.05, 0) is 41.3 Å². The van der Waals surface area contributed by atoms with E-state index >= 15 is 0 Å². The summed E-state index contributed by atoms with van der Waals surface area (Å²) in [6.07, 6.45) is 0. The highest BCUT2D eigenvalue weighted by molar-refractivity contribution is 7.98. The van der Waals surface area contributed by atoms with Crippen LogP contribution in [0.2, 0.25) is 5.02 Å². The van der Waals surface area contributed by atoms with Crippen molar-refractivity contribution < 1.29 is 4.52 Å². The van der Waals surface area contributed by atoms with Gasteiger partial charge in [0.15, 0.2) is 16.8 Å². The smallest absolute Gasteiger partial charge is 0.257 e. The number of hydrogen-bond donors (Lipinski definition) is 0. The topological polar surface area (TPSA) is 69.6 Å². The summed E-state index contributed by atoms with van der Waals surface area (Å²) < 4.78 is 7.54. The number of benzene rings is 2. The Kier molecular flexibility index (Phi) is 5.84. The molecule has 0 radical (unpaired) electrons. The van der Waals surface area contributed by atoms with Gasteiger partial charge >= 0.3 is 0 Å². The molecule has 5 aromatic rings. The minimum Gasteiger partial charge on any atom is -0.334 e. The Hall–Kier alpha value is -2.94. The van der Waals surface area contributed by atoms with Gasteiger partial charge in [-0.15, -0.1) is 21.5 Å². The minimum atomic E-state index is 0.470. The third-order valence-electron chi connectivity index (χ3n) is 4.53. The second kappa shape index (κ2) is 9.05. The van der Waals surface area contributed by atoms with Crippen LogP contribution in [0.5, 0.6) is 0 Å². The van der Waals surface area contributed by atoms with E-state index in [-0.39, 0.29) is 0 Å². The van der Waals surface area contributed by atoms with Gasteiger partial charge in [-0.2, -0.15) is 4.98 Å². The molecule has 0 unspecified atom stereocenters. The number of rotatable bonds is 7. The van der Waals surface area contributed by atoms with Gasteiger partial charge in [0.05, 0.1) is 17.2 Å². The van der Waals surface area contributed by atoms with Crippen molar-refractivity contribution in [2.75, 3.05) is 0 Å². The SMILES string of the molecule is Clc1ccc(-c2nc(CSc3nnc(-c4cccs4)n3Cc3ccccc3)no2)cc1. The summed E-state index contributed by atoms with van der Waals surface area (Å²) in [7, 11) is 0. The van der Waals surface area contributed by atoms with Crippen molar-refractivity contribution in [2.45, 2.75) is 17.5 Å². The molecule has 0 aliphatic heterocycles. The van der Waals surface area contributed by atoms with Crippen molar-refractivity contribution in [3.63, 3.8) is 0 Å². The number of halogens is 1. The molecular weight excluding hydrogens is 450 g/mol. The van der Waals surface area contributed by atoms with Crippen LogP contribution in [0.1, 0.15) is 11.4 Å². The van der Waals surface area contributed by atoms with Gasteiger partial charge in [0.1, 0.15) is 0 Å². The maximum Gasteiger partial charge on any atom is 0.257 e. The number of thiophene rings is 1. The Morgan fingerprint density at radius 1 is 0.968 bits per heavy atom. The van der Waals surface area contributed by atoms with E-state index < -0.39 is 0 Å². The van der Waals surface area contributed by atoms with Crippen LogP contribution in [-0.4, -0.2) is 24.9 Å². The molecule has 0 amide bonds. The van der Waals surface area contributed by atoms with E-state index in [0.29, 0.717) is 29.0 Å². The molecule has 2 aromatic carbocycles. The van der Waals surface area contributed by atoms with Crippen molar-refractivity contribution in [2.24, 2.45) is 0 Å². The second-order valence-corrected chi connectivity index (χ2v) is 8.99. The summed E-state index contributed by atoms with van der Waals surface area (Å²) in [5.41, 5.74) is 2.02. The zero-order valence-electron chi connectivity index (χ0n) is 16.2. The Morgan fingerprint density at radius 2 is 1.81 bits per heavy atom. The lowest BCUT2D eigenvalue weighted by Crippen LogP contribution is -2.03. The van der Waals surface area contributed by atoms with Crippen LogP contribution in [0, 0.1) is 0 Å². The Morgan fingerprint density at radius 3 is 2.58 bits per heavy atom. The molecule has 0 aliphatic carbocycles. The fourth-order valence-corrected chi connectivity index (χ4v) is 4.67. The summed E-state index contributed by atoms with van der Waals surface area (Å²) in [6.45, 7) is 0.686. The third-order valence-corrected chi connectivity index (χ3v) is 6.61. The lowest BCUT2D eigenvalue weighted by molar-refractivity contribution is 0.425. The van der Waals surface area contributed by atoms with Gasteiger partial charge in [0, 0.05) is 10.6 Å². The molecule has 0 aliphatic rings. The molecule has 3 heterocycles. The molecule has 9 heteroatoms. The predicted molar refractivity (Wildman–Crippen MR) is 123 cm³/mol. The van der Waals surface area contributed by atoms with Gasteiger partial charge in [-0.3, -0.25) is 4.57 Å². The highest BCUT2D eigenvalue weighted by atomic mass is 35.5. The van der Waals surface area contributed by atoms with Gasteiger partial charge in [-0.1, -0.05) is 64.9 Å². The number of thioether (sulfide) groups is 1. The lowest BCUT2D eigenvalue weighted by Gasteiger charge is -2.09. The van der Waals surface area contributed by atoms with Crippen LogP contribution in [0.3, 0.4) is 0 Å². The van der Waals surface area contributed by atoms with Gasteiger partial charge in [0.2, 0.25) is 0 Å². The molecule has 31 heavy (non-hydrogen) atoms. The van der Waals surface area contributed by atoms with E-state index in [9.17, 15) is 0 Å². The van der Waals surface area contributed by atoms with Crippen molar-refractivity contribution in [3.8, 4) is 22.2 Å². The average molecular weight is 466 g/mol. The molecular formula is C22H16ClN5OS2. The zero-order chi connectivity index (χ0) is 21.0. The summed E-state index contributed by atoms with van der Waals surface area (Å²) in [6, 6.07) is 21.7. The number of hydrogen-bond acceptors (Lipinski definition) is 7. The largest absolute Gasteiger partial charge is 0.334 e. The highest BCUT2D eigenvalue weighted by Gasteiger charge is 2.17. The predicted octanol–water partition coefficient (Wildman–Crippen LogP) is 6.05. The fourth-order valence-electron chi connectivity index (χ4n) is 3.04. The molecule has 0 saturated carbocycles. The van der Waals surface area contributed by atoms with Gasteiger partial charge < -0.3 is 4.52 Å². The molecule has 0 fully saturated rings. The molecule has 0 saturated heterocycles. The molecule has 6 nitrogen and oxygen atoms in total. The standard InChI is InChI=1S/C22H16ClN5OS2/c23-17-10-8-16(9-11-17)21-24-19(27-29-21)14-31-22-26-25-20(18-7-4-12-30-18)28(22)13-15-5-2-1-3-6-15/h1-12H,13-14H2. The van der Waals surface area contributed by atoms with E-state index in [1.54, 1.807) is 23.5 Å². The van der Waals surface area contributed by atoms with E-state index in [4.69, 9.17) is 16.1 Å². The normalized spacial score (nSPS) is 11.1. The Bertz CT molecular complexity index is 1270. The van der Waals surface area contributed by atoms with E-state index in [2.05, 4.69) is 43.1 Å². The zero-order valence-corrected chi connectivity index (χ0v) is 18.6. The number of aromatic nitrogens is 5. The van der Waals surface area contributed by atoms with Crippen LogP contribution in [0.4, 0.5) is 0 Å². The number of nitrogens with zero attached hydrogens (tertiary/aromatic N) is 5. The van der Waals surface area contributed by atoms with Crippen molar-refractivity contribution in [3.05, 3.63) is 88.5 Å². The third kappa shape index (κ3) is 4.56. The summed E-state index contributed by atoms with van der Waals surface area (Å²) >= 11 is 9.13. The van der Waals surface area contributed by atoms with Crippen LogP contribution in [-0.2, 0) is 12.3 Å². The first-order valence-corrected chi connectivity index (χ1v) is 11.7.